The van der Waals surface area contributed by atoms with Crippen molar-refractivity contribution >= 4 is 0 Å². The van der Waals surface area contributed by atoms with Gasteiger partial charge in [-0.05, 0) is 0 Å². The molecule has 0 saturated carbocycles. The molecular weight excluding hydrogens is 187 g/mol. The van der Waals surface area contributed by atoms with Gasteiger partial charge in [0.2, 0.25) is 0 Å². The summed E-state index contributed by atoms with van der Waals surface area (Å²) in [7, 11) is 0. The van der Waals surface area contributed by atoms with E-state index < -0.39 is 0 Å². The first-order chi connectivity index (χ1) is 4.33. The maximum absolute atomic E-state index is 2.27. The van der Waals surface area contributed by atoms with E-state index in [1.54, 1.807) is 28.0 Å². The molecule has 0 spiro atoms. The standard InChI is InChI=1S/C8H9.Zr/c1-2-5-8-6-3-4-7-8;/h2,5-7H,3H2,1H3;/b5-2-;. The van der Waals surface area contributed by atoms with Crippen LogP contribution in [0.1, 0.15) is 13.3 Å². The molecule has 1 rings (SSSR count). The minimum absolute atomic E-state index is 1.18. The van der Waals surface area contributed by atoms with Crippen molar-refractivity contribution in [1.29, 1.82) is 0 Å². The summed E-state index contributed by atoms with van der Waals surface area (Å²) in [5, 5.41) is 0. The van der Waals surface area contributed by atoms with Crippen LogP contribution in [0.3, 0.4) is 0 Å². The molecule has 1 aliphatic carbocycles. The Morgan fingerprint density at radius 3 is 2.89 bits per heavy atom. The average Bonchev–Trinajstić information content (AvgIpc) is 2.17. The van der Waals surface area contributed by atoms with E-state index in [0.717, 1.165) is 0 Å². The summed E-state index contributed by atoms with van der Waals surface area (Å²) < 4.78 is 1.55. The molecular formula is C8H9Zr. The predicted octanol–water partition coefficient (Wildman–Crippen LogP) is 2.32. The van der Waals surface area contributed by atoms with Gasteiger partial charge in [-0.15, -0.1) is 0 Å². The Bertz CT molecular complexity index is 185. The zero-order valence-electron chi connectivity index (χ0n) is 5.52. The van der Waals surface area contributed by atoms with Gasteiger partial charge in [-0.2, -0.15) is 0 Å². The van der Waals surface area contributed by atoms with Gasteiger partial charge < -0.3 is 0 Å². The molecule has 0 nitrogen and oxygen atoms in total. The van der Waals surface area contributed by atoms with Crippen LogP contribution in [0.4, 0.5) is 0 Å². The molecule has 9 heavy (non-hydrogen) atoms. The molecule has 0 unspecified atom stereocenters. The normalized spacial score (nSPS) is 18.2. The van der Waals surface area contributed by atoms with Crippen LogP contribution in [-0.2, 0) is 24.7 Å². The van der Waals surface area contributed by atoms with Crippen molar-refractivity contribution in [1.82, 2.24) is 0 Å². The Labute approximate surface area is 71.2 Å². The molecule has 0 aliphatic heterocycles. The summed E-state index contributed by atoms with van der Waals surface area (Å²) in [4.78, 5) is 0. The van der Waals surface area contributed by atoms with Crippen molar-refractivity contribution in [2.24, 2.45) is 0 Å². The Hall–Kier alpha value is 0.103. The van der Waals surface area contributed by atoms with Crippen molar-refractivity contribution in [3.05, 3.63) is 33.2 Å². The summed E-state index contributed by atoms with van der Waals surface area (Å²) >= 11 is 1.55. The zero-order valence-corrected chi connectivity index (χ0v) is 7.97. The van der Waals surface area contributed by atoms with E-state index in [0.29, 0.717) is 0 Å². The minimum atomic E-state index is 1.18. The molecule has 0 heterocycles. The molecule has 0 N–H and O–H groups in total. The fraction of sp³-hybridized carbons (Fsp3) is 0.250. The molecule has 0 radical (unpaired) electrons. The van der Waals surface area contributed by atoms with Crippen LogP contribution in [0, 0.1) is 0 Å². The van der Waals surface area contributed by atoms with Gasteiger partial charge in [0.25, 0.3) is 0 Å². The summed E-state index contributed by atoms with van der Waals surface area (Å²) in [6.45, 7) is 2.05. The van der Waals surface area contributed by atoms with Gasteiger partial charge in [0.1, 0.15) is 0 Å². The fourth-order valence-corrected chi connectivity index (χ4v) is 1.52. The van der Waals surface area contributed by atoms with Gasteiger partial charge in [0, 0.05) is 0 Å². The monoisotopic (exact) mass is 195 g/mol. The molecule has 0 aromatic rings. The van der Waals surface area contributed by atoms with Crippen LogP contribution in [0.15, 0.2) is 33.2 Å². The number of hydrogen-bond donors (Lipinski definition) is 0. The van der Waals surface area contributed by atoms with Gasteiger partial charge in [0.05, 0.1) is 0 Å². The predicted molar refractivity (Wildman–Crippen MR) is 35.6 cm³/mol. The molecule has 0 saturated heterocycles. The quantitative estimate of drug-likeness (QED) is 0.604. The van der Waals surface area contributed by atoms with E-state index in [9.17, 15) is 0 Å². The van der Waals surface area contributed by atoms with Crippen LogP contribution in [0.5, 0.6) is 0 Å². The SMILES string of the molecule is C/C=C\C1=CC[C]([Zr])=C1. The van der Waals surface area contributed by atoms with Crippen LogP contribution < -0.4 is 0 Å². The van der Waals surface area contributed by atoms with Crippen molar-refractivity contribution in [3.8, 4) is 0 Å². The Balaban J connectivity index is 2.64. The first-order valence-electron chi connectivity index (χ1n) is 3.08. The summed E-state index contributed by atoms with van der Waals surface area (Å²) in [6.07, 6.45) is 9.94. The molecule has 1 heteroatoms. The van der Waals surface area contributed by atoms with E-state index in [4.69, 9.17) is 0 Å². The van der Waals surface area contributed by atoms with E-state index in [2.05, 4.69) is 31.2 Å². The number of rotatable bonds is 1. The number of hydrogen-bond acceptors (Lipinski definition) is 0. The Kier molecular flexibility index (Phi) is 2.66. The van der Waals surface area contributed by atoms with Crippen molar-refractivity contribution in [2.45, 2.75) is 13.3 Å². The van der Waals surface area contributed by atoms with Gasteiger partial charge in [0.15, 0.2) is 0 Å². The molecule has 0 amide bonds. The average molecular weight is 196 g/mol. The van der Waals surface area contributed by atoms with E-state index >= 15 is 0 Å². The van der Waals surface area contributed by atoms with Gasteiger partial charge in [-0.3, -0.25) is 0 Å². The third-order valence-corrected chi connectivity index (χ3v) is 2.11. The summed E-state index contributed by atoms with van der Waals surface area (Å²) in [5.74, 6) is 0. The van der Waals surface area contributed by atoms with Gasteiger partial charge >= 0.3 is 71.2 Å². The molecule has 45 valence electrons. The van der Waals surface area contributed by atoms with Crippen molar-refractivity contribution < 1.29 is 24.7 Å². The molecule has 1 aliphatic rings. The van der Waals surface area contributed by atoms with Crippen LogP contribution >= 0.6 is 0 Å². The van der Waals surface area contributed by atoms with Crippen LogP contribution in [0.2, 0.25) is 0 Å². The molecule has 0 bridgehead atoms. The van der Waals surface area contributed by atoms with E-state index in [1.165, 1.54) is 12.0 Å². The molecule has 0 aromatic carbocycles. The third kappa shape index (κ3) is 2.06. The maximum atomic E-state index is 2.27. The molecule has 0 atom stereocenters. The van der Waals surface area contributed by atoms with Crippen molar-refractivity contribution in [3.63, 3.8) is 0 Å². The van der Waals surface area contributed by atoms with Crippen LogP contribution in [-0.4, -0.2) is 0 Å². The van der Waals surface area contributed by atoms with Crippen molar-refractivity contribution in [2.75, 3.05) is 0 Å². The Morgan fingerprint density at radius 2 is 2.44 bits per heavy atom. The second-order valence-corrected chi connectivity index (χ2v) is 3.66. The van der Waals surface area contributed by atoms with E-state index in [-0.39, 0.29) is 0 Å². The van der Waals surface area contributed by atoms with E-state index in [1.807, 2.05) is 0 Å². The second-order valence-electron chi connectivity index (χ2n) is 2.08. The zero-order chi connectivity index (χ0) is 6.69. The molecule has 0 aromatic heterocycles. The molecule has 0 fully saturated rings. The van der Waals surface area contributed by atoms with Crippen LogP contribution in [0.25, 0.3) is 0 Å². The third-order valence-electron chi connectivity index (χ3n) is 1.26. The summed E-state index contributed by atoms with van der Waals surface area (Å²) in [6, 6.07) is 0. The first kappa shape index (κ1) is 7.21. The number of allylic oxidation sites excluding steroid dienone is 6. The Morgan fingerprint density at radius 1 is 1.67 bits per heavy atom. The second kappa shape index (κ2) is 3.32. The van der Waals surface area contributed by atoms with Gasteiger partial charge in [-0.1, -0.05) is 0 Å². The first-order valence-corrected chi connectivity index (χ1v) is 4.31. The van der Waals surface area contributed by atoms with Gasteiger partial charge in [-0.25, -0.2) is 0 Å². The topological polar surface area (TPSA) is 0 Å². The summed E-state index contributed by atoms with van der Waals surface area (Å²) in [5.41, 5.74) is 1.38. The fourth-order valence-electron chi connectivity index (χ4n) is 0.855.